The molecule has 0 aromatic heterocycles. The third-order valence-electron chi connectivity index (χ3n) is 4.81. The van der Waals surface area contributed by atoms with E-state index in [0.717, 1.165) is 33.2 Å². The van der Waals surface area contributed by atoms with Crippen molar-refractivity contribution in [3.05, 3.63) is 77.4 Å². The number of benzene rings is 3. The summed E-state index contributed by atoms with van der Waals surface area (Å²) in [6.45, 7) is 3.90. The molecule has 30 heavy (non-hydrogen) atoms. The molecule has 0 atom stereocenters. The van der Waals surface area contributed by atoms with Gasteiger partial charge in [-0.15, -0.1) is 0 Å². The molecule has 0 spiro atoms. The highest BCUT2D eigenvalue weighted by Gasteiger charge is 2.11. The molecule has 3 aromatic carbocycles. The number of carbonyl (C=O) groups excluding carboxylic acids is 3. The number of hydrogen-bond donors (Lipinski definition) is 3. The second-order valence-electron chi connectivity index (χ2n) is 7.28. The van der Waals surface area contributed by atoms with Gasteiger partial charge in [-0.1, -0.05) is 60.2 Å². The molecule has 0 heterocycles. The van der Waals surface area contributed by atoms with Crippen molar-refractivity contribution in [3.63, 3.8) is 0 Å². The summed E-state index contributed by atoms with van der Waals surface area (Å²) in [5, 5.41) is 4.86. The fourth-order valence-corrected chi connectivity index (χ4v) is 3.26. The van der Waals surface area contributed by atoms with Gasteiger partial charge in [0.05, 0.1) is 6.42 Å². The molecular formula is C24H25N3O3. The van der Waals surface area contributed by atoms with Gasteiger partial charge in [0.1, 0.15) is 0 Å². The van der Waals surface area contributed by atoms with E-state index >= 15 is 0 Å². The number of hydrogen-bond acceptors (Lipinski definition) is 3. The van der Waals surface area contributed by atoms with Crippen LogP contribution in [0.15, 0.2) is 60.7 Å². The van der Waals surface area contributed by atoms with Crippen LogP contribution in [-0.2, 0) is 20.8 Å². The summed E-state index contributed by atoms with van der Waals surface area (Å²) in [7, 11) is 0. The molecule has 6 nitrogen and oxygen atoms in total. The lowest BCUT2D eigenvalue weighted by Gasteiger charge is -2.10. The Morgan fingerprint density at radius 3 is 2.27 bits per heavy atom. The van der Waals surface area contributed by atoms with Crippen LogP contribution in [0.4, 0.5) is 5.69 Å². The lowest BCUT2D eigenvalue weighted by molar-refractivity contribution is -0.129. The predicted octanol–water partition coefficient (Wildman–Crippen LogP) is 3.57. The van der Waals surface area contributed by atoms with Crippen molar-refractivity contribution in [3.8, 4) is 0 Å². The number of anilines is 1. The van der Waals surface area contributed by atoms with Crippen molar-refractivity contribution in [1.29, 1.82) is 0 Å². The monoisotopic (exact) mass is 403 g/mol. The van der Waals surface area contributed by atoms with E-state index in [9.17, 15) is 14.4 Å². The maximum atomic E-state index is 12.2. The predicted molar refractivity (Wildman–Crippen MR) is 118 cm³/mol. The summed E-state index contributed by atoms with van der Waals surface area (Å²) in [4.78, 5) is 36.3. The van der Waals surface area contributed by atoms with Gasteiger partial charge in [-0.3, -0.25) is 25.2 Å². The van der Waals surface area contributed by atoms with Crippen LogP contribution >= 0.6 is 0 Å². The Labute approximate surface area is 175 Å². The van der Waals surface area contributed by atoms with Gasteiger partial charge in [0, 0.05) is 18.5 Å². The van der Waals surface area contributed by atoms with E-state index in [4.69, 9.17) is 0 Å². The molecule has 154 valence electrons. The Balaban J connectivity index is 1.44. The highest BCUT2D eigenvalue weighted by molar-refractivity contribution is 5.94. The molecule has 0 bridgehead atoms. The molecule has 0 saturated heterocycles. The molecule has 3 N–H and O–H groups in total. The Morgan fingerprint density at radius 1 is 0.767 bits per heavy atom. The van der Waals surface area contributed by atoms with E-state index in [0.29, 0.717) is 0 Å². The second kappa shape index (κ2) is 9.69. The molecule has 0 unspecified atom stereocenters. The summed E-state index contributed by atoms with van der Waals surface area (Å²) >= 11 is 0. The maximum absolute atomic E-state index is 12.2. The van der Waals surface area contributed by atoms with E-state index in [2.05, 4.69) is 16.2 Å². The van der Waals surface area contributed by atoms with Crippen LogP contribution in [0, 0.1) is 13.8 Å². The Hall–Kier alpha value is -3.67. The smallest absolute Gasteiger partial charge is 0.242 e. The van der Waals surface area contributed by atoms with E-state index < -0.39 is 5.91 Å². The first kappa shape index (κ1) is 21.0. The third kappa shape index (κ3) is 5.67. The zero-order valence-corrected chi connectivity index (χ0v) is 17.1. The number of amides is 3. The topological polar surface area (TPSA) is 87.3 Å². The lowest BCUT2D eigenvalue weighted by atomic mass is 10.0. The normalized spacial score (nSPS) is 10.5. The molecule has 0 aliphatic carbocycles. The van der Waals surface area contributed by atoms with Crippen LogP contribution < -0.4 is 16.2 Å². The van der Waals surface area contributed by atoms with Crippen molar-refractivity contribution in [2.45, 2.75) is 33.1 Å². The molecule has 0 aliphatic rings. The number of nitrogens with one attached hydrogen (secondary N) is 3. The molecular weight excluding hydrogens is 378 g/mol. The average molecular weight is 403 g/mol. The fourth-order valence-electron chi connectivity index (χ4n) is 3.26. The van der Waals surface area contributed by atoms with E-state index in [1.807, 2.05) is 74.5 Å². The average Bonchev–Trinajstić information content (AvgIpc) is 2.73. The van der Waals surface area contributed by atoms with Gasteiger partial charge in [0.2, 0.25) is 17.7 Å². The quantitative estimate of drug-likeness (QED) is 0.550. The minimum atomic E-state index is -0.419. The number of hydrazine groups is 1. The Bertz CT molecular complexity index is 1090. The summed E-state index contributed by atoms with van der Waals surface area (Å²) in [5.74, 6) is -0.990. The highest BCUT2D eigenvalue weighted by Crippen LogP contribution is 2.19. The van der Waals surface area contributed by atoms with Gasteiger partial charge in [0.25, 0.3) is 0 Å². The van der Waals surface area contributed by atoms with E-state index in [1.54, 1.807) is 0 Å². The fraction of sp³-hybridized carbons (Fsp3) is 0.208. The first-order chi connectivity index (χ1) is 14.4. The number of rotatable bonds is 6. The Morgan fingerprint density at radius 2 is 1.47 bits per heavy atom. The molecule has 0 radical (unpaired) electrons. The molecule has 3 amide bonds. The van der Waals surface area contributed by atoms with Gasteiger partial charge in [-0.05, 0) is 41.8 Å². The lowest BCUT2D eigenvalue weighted by Crippen LogP contribution is -2.42. The van der Waals surface area contributed by atoms with Gasteiger partial charge >= 0.3 is 0 Å². The van der Waals surface area contributed by atoms with Crippen LogP contribution in [0.5, 0.6) is 0 Å². The van der Waals surface area contributed by atoms with Crippen molar-refractivity contribution in [2.24, 2.45) is 0 Å². The van der Waals surface area contributed by atoms with Gasteiger partial charge in [-0.2, -0.15) is 0 Å². The van der Waals surface area contributed by atoms with Crippen molar-refractivity contribution < 1.29 is 14.4 Å². The van der Waals surface area contributed by atoms with Crippen LogP contribution in [0.3, 0.4) is 0 Å². The first-order valence-corrected chi connectivity index (χ1v) is 9.84. The minimum Gasteiger partial charge on any atom is -0.326 e. The van der Waals surface area contributed by atoms with Crippen LogP contribution in [0.1, 0.15) is 29.5 Å². The minimum absolute atomic E-state index is 0.0225. The molecule has 0 aliphatic heterocycles. The highest BCUT2D eigenvalue weighted by atomic mass is 16.2. The number of carbonyl (C=O) groups is 3. The van der Waals surface area contributed by atoms with Crippen molar-refractivity contribution >= 4 is 34.2 Å². The third-order valence-corrected chi connectivity index (χ3v) is 4.81. The van der Waals surface area contributed by atoms with E-state index in [1.165, 1.54) is 0 Å². The summed E-state index contributed by atoms with van der Waals surface area (Å²) in [6.07, 6.45) is 0.151. The van der Waals surface area contributed by atoms with Gasteiger partial charge in [0.15, 0.2) is 0 Å². The number of fused-ring (bicyclic) bond motifs is 1. The molecule has 0 fully saturated rings. The zero-order valence-electron chi connectivity index (χ0n) is 17.1. The van der Waals surface area contributed by atoms with Crippen LogP contribution in [0.25, 0.3) is 10.8 Å². The molecule has 6 heteroatoms. The second-order valence-corrected chi connectivity index (χ2v) is 7.28. The largest absolute Gasteiger partial charge is 0.326 e. The maximum Gasteiger partial charge on any atom is 0.242 e. The molecule has 3 aromatic rings. The van der Waals surface area contributed by atoms with Gasteiger partial charge in [-0.25, -0.2) is 0 Å². The standard InChI is InChI=1S/C24H25N3O3/c1-16-10-11-21(17(2)14-16)25-22(28)12-13-23(29)26-27-24(30)15-19-8-5-7-18-6-3-4-9-20(18)19/h3-11,14H,12-13,15H2,1-2H3,(H,25,28)(H,26,29)(H,27,30). The first-order valence-electron chi connectivity index (χ1n) is 9.84. The van der Waals surface area contributed by atoms with Crippen LogP contribution in [-0.4, -0.2) is 17.7 Å². The van der Waals surface area contributed by atoms with Crippen LogP contribution in [0.2, 0.25) is 0 Å². The SMILES string of the molecule is Cc1ccc(NC(=O)CCC(=O)NNC(=O)Cc2cccc3ccccc23)c(C)c1. The van der Waals surface area contributed by atoms with Crippen molar-refractivity contribution in [1.82, 2.24) is 10.9 Å². The summed E-state index contributed by atoms with van der Waals surface area (Å²) in [5.41, 5.74) is 8.48. The molecule has 0 saturated carbocycles. The Kier molecular flexibility index (Phi) is 6.80. The molecule has 3 rings (SSSR count). The summed E-state index contributed by atoms with van der Waals surface area (Å²) < 4.78 is 0. The summed E-state index contributed by atoms with van der Waals surface area (Å²) in [6, 6.07) is 19.3. The van der Waals surface area contributed by atoms with E-state index in [-0.39, 0.29) is 31.1 Å². The van der Waals surface area contributed by atoms with Crippen molar-refractivity contribution in [2.75, 3.05) is 5.32 Å². The zero-order chi connectivity index (χ0) is 21.5. The van der Waals surface area contributed by atoms with Gasteiger partial charge < -0.3 is 5.32 Å². The number of aryl methyl sites for hydroxylation is 2.